The van der Waals surface area contributed by atoms with Crippen LogP contribution < -0.4 is 0 Å². The number of carbonyl (C=O) groups is 2. The molecule has 0 bridgehead atoms. The molecule has 0 spiro atoms. The predicted molar refractivity (Wildman–Crippen MR) is 95.4 cm³/mol. The van der Waals surface area contributed by atoms with Crippen molar-refractivity contribution in [1.82, 2.24) is 0 Å². The second-order valence-corrected chi connectivity index (χ2v) is 8.16. The maximum absolute atomic E-state index is 12.7. The molecule has 0 aromatic heterocycles. The first-order valence-electron chi connectivity index (χ1n) is 8.96. The molecule has 24 heavy (non-hydrogen) atoms. The van der Waals surface area contributed by atoms with Crippen molar-refractivity contribution in [1.29, 1.82) is 0 Å². The molecule has 0 radical (unpaired) electrons. The number of benzene rings is 1. The van der Waals surface area contributed by atoms with Crippen molar-refractivity contribution >= 4 is 11.8 Å². The molecule has 1 fully saturated rings. The van der Waals surface area contributed by atoms with Gasteiger partial charge in [0.25, 0.3) is 0 Å². The molecule has 0 heterocycles. The number of ketones is 1. The zero-order chi connectivity index (χ0) is 17.9. The van der Waals surface area contributed by atoms with Gasteiger partial charge >= 0.3 is 5.97 Å². The lowest BCUT2D eigenvalue weighted by Gasteiger charge is -2.35. The fourth-order valence-corrected chi connectivity index (χ4v) is 3.68. The maximum Gasteiger partial charge on any atom is 0.316 e. The zero-order valence-electron chi connectivity index (χ0n) is 15.6. The van der Waals surface area contributed by atoms with E-state index in [9.17, 15) is 9.59 Å². The molecule has 1 aromatic rings. The summed E-state index contributed by atoms with van der Waals surface area (Å²) in [5.74, 6) is -0.737. The molecule has 0 aliphatic heterocycles. The Balaban J connectivity index is 2.08. The minimum atomic E-state index is -0.619. The molecule has 1 aromatic carbocycles. The van der Waals surface area contributed by atoms with Crippen LogP contribution in [0.25, 0.3) is 0 Å². The van der Waals surface area contributed by atoms with Gasteiger partial charge in [-0.1, -0.05) is 52.0 Å². The number of rotatable bonds is 3. The molecule has 0 N–H and O–H groups in total. The van der Waals surface area contributed by atoms with Crippen LogP contribution in [0.15, 0.2) is 24.3 Å². The maximum atomic E-state index is 12.7. The van der Waals surface area contributed by atoms with Gasteiger partial charge in [0.2, 0.25) is 0 Å². The van der Waals surface area contributed by atoms with Crippen molar-refractivity contribution in [2.75, 3.05) is 0 Å². The van der Waals surface area contributed by atoms with Crippen LogP contribution in [0.4, 0.5) is 0 Å². The summed E-state index contributed by atoms with van der Waals surface area (Å²) < 4.78 is 5.51. The number of aryl methyl sites for hydroxylation is 1. The van der Waals surface area contributed by atoms with Crippen molar-refractivity contribution in [3.05, 3.63) is 35.4 Å². The van der Waals surface area contributed by atoms with Crippen molar-refractivity contribution < 1.29 is 14.3 Å². The van der Waals surface area contributed by atoms with Crippen LogP contribution in [-0.4, -0.2) is 11.8 Å². The first-order valence-corrected chi connectivity index (χ1v) is 8.96. The minimum absolute atomic E-state index is 0.0489. The fraction of sp³-hybridized carbons (Fsp3) is 0.619. The first-order chi connectivity index (χ1) is 11.2. The zero-order valence-corrected chi connectivity index (χ0v) is 15.6. The highest BCUT2D eigenvalue weighted by molar-refractivity contribution is 6.00. The van der Waals surface area contributed by atoms with Gasteiger partial charge in [-0.2, -0.15) is 0 Å². The standard InChI is InChI=1S/C21H30O3/c1-14-8-6-7-9-17(14)13-24-20(23)18-10-11-21(4,5)12-15(2)16(3)19(18)22/h6-9,15-16,18H,10-13H2,1-5H3. The van der Waals surface area contributed by atoms with Gasteiger partial charge in [-0.3, -0.25) is 9.59 Å². The summed E-state index contributed by atoms with van der Waals surface area (Å²) in [6.07, 6.45) is 2.49. The number of Topliss-reactive ketones (excluding diaryl/α,β-unsaturated/α-hetero) is 1. The third-order valence-corrected chi connectivity index (χ3v) is 5.55. The second kappa shape index (κ2) is 7.50. The van der Waals surface area contributed by atoms with Gasteiger partial charge in [0.1, 0.15) is 18.3 Å². The Kier molecular flexibility index (Phi) is 5.84. The highest BCUT2D eigenvalue weighted by Gasteiger charge is 2.39. The SMILES string of the molecule is Cc1ccccc1COC(=O)C1CCC(C)(C)CC(C)C(C)C1=O. The molecule has 1 aliphatic rings. The van der Waals surface area contributed by atoms with E-state index >= 15 is 0 Å². The average Bonchev–Trinajstić information content (AvgIpc) is 2.52. The van der Waals surface area contributed by atoms with Crippen LogP contribution in [0.2, 0.25) is 0 Å². The van der Waals surface area contributed by atoms with E-state index in [0.29, 0.717) is 12.3 Å². The van der Waals surface area contributed by atoms with Gasteiger partial charge in [-0.25, -0.2) is 0 Å². The molecule has 0 saturated heterocycles. The number of hydrogen-bond acceptors (Lipinski definition) is 3. The largest absolute Gasteiger partial charge is 0.460 e. The molecule has 1 saturated carbocycles. The summed E-state index contributed by atoms with van der Waals surface area (Å²) in [7, 11) is 0. The Morgan fingerprint density at radius 1 is 1.25 bits per heavy atom. The summed E-state index contributed by atoms with van der Waals surface area (Å²) in [6.45, 7) is 10.8. The number of esters is 1. The number of hydrogen-bond donors (Lipinski definition) is 0. The Bertz CT molecular complexity index is 603. The third kappa shape index (κ3) is 4.46. The quantitative estimate of drug-likeness (QED) is 0.595. The minimum Gasteiger partial charge on any atom is -0.460 e. The topological polar surface area (TPSA) is 43.4 Å². The monoisotopic (exact) mass is 330 g/mol. The van der Waals surface area contributed by atoms with E-state index in [4.69, 9.17) is 4.74 Å². The van der Waals surface area contributed by atoms with Crippen LogP contribution in [0.1, 0.15) is 58.1 Å². The normalized spacial score (nSPS) is 27.2. The Labute approximate surface area is 145 Å². The van der Waals surface area contributed by atoms with E-state index in [1.807, 2.05) is 38.1 Å². The van der Waals surface area contributed by atoms with Gasteiger partial charge in [0.05, 0.1) is 0 Å². The van der Waals surface area contributed by atoms with E-state index in [1.54, 1.807) is 0 Å². The van der Waals surface area contributed by atoms with Gasteiger partial charge < -0.3 is 4.74 Å². The molecule has 1 aliphatic carbocycles. The van der Waals surface area contributed by atoms with E-state index in [-0.39, 0.29) is 29.7 Å². The summed E-state index contributed by atoms with van der Waals surface area (Å²) >= 11 is 0. The van der Waals surface area contributed by atoms with E-state index in [0.717, 1.165) is 24.0 Å². The Hall–Kier alpha value is -1.64. The van der Waals surface area contributed by atoms with Crippen LogP contribution in [0.3, 0.4) is 0 Å². The Morgan fingerprint density at radius 3 is 2.58 bits per heavy atom. The van der Waals surface area contributed by atoms with E-state index in [2.05, 4.69) is 20.8 Å². The van der Waals surface area contributed by atoms with Crippen molar-refractivity contribution in [3.63, 3.8) is 0 Å². The lowest BCUT2D eigenvalue weighted by Crippen LogP contribution is -2.37. The Morgan fingerprint density at radius 2 is 1.92 bits per heavy atom. The molecule has 2 rings (SSSR count). The predicted octanol–water partition coefficient (Wildman–Crippen LogP) is 4.71. The van der Waals surface area contributed by atoms with Crippen LogP contribution in [0.5, 0.6) is 0 Å². The van der Waals surface area contributed by atoms with Gasteiger partial charge in [0, 0.05) is 5.92 Å². The molecule has 0 amide bonds. The lowest BCUT2D eigenvalue weighted by molar-refractivity contribution is -0.155. The smallest absolute Gasteiger partial charge is 0.316 e. The molecular weight excluding hydrogens is 300 g/mol. The van der Waals surface area contributed by atoms with Crippen LogP contribution >= 0.6 is 0 Å². The van der Waals surface area contributed by atoms with Crippen molar-refractivity contribution in [2.45, 2.75) is 60.5 Å². The lowest BCUT2D eigenvalue weighted by atomic mass is 9.69. The summed E-state index contributed by atoms with van der Waals surface area (Å²) in [4.78, 5) is 25.3. The summed E-state index contributed by atoms with van der Waals surface area (Å²) in [5.41, 5.74) is 2.24. The summed E-state index contributed by atoms with van der Waals surface area (Å²) in [5, 5.41) is 0. The van der Waals surface area contributed by atoms with Gasteiger partial charge in [0.15, 0.2) is 0 Å². The van der Waals surface area contributed by atoms with Crippen LogP contribution in [0, 0.1) is 30.1 Å². The molecule has 3 heteroatoms. The molecule has 3 unspecified atom stereocenters. The molecular formula is C21H30O3. The second-order valence-electron chi connectivity index (χ2n) is 8.16. The highest BCUT2D eigenvalue weighted by atomic mass is 16.5. The van der Waals surface area contributed by atoms with Crippen molar-refractivity contribution in [2.24, 2.45) is 23.2 Å². The number of ether oxygens (including phenoxy) is 1. The van der Waals surface area contributed by atoms with E-state index in [1.165, 1.54) is 0 Å². The molecule has 3 nitrogen and oxygen atoms in total. The highest BCUT2D eigenvalue weighted by Crippen LogP contribution is 2.39. The molecule has 3 atom stereocenters. The van der Waals surface area contributed by atoms with Gasteiger partial charge in [-0.15, -0.1) is 0 Å². The van der Waals surface area contributed by atoms with Gasteiger partial charge in [-0.05, 0) is 48.6 Å². The summed E-state index contributed by atoms with van der Waals surface area (Å²) in [6, 6.07) is 7.85. The van der Waals surface area contributed by atoms with E-state index < -0.39 is 5.92 Å². The first kappa shape index (κ1) is 18.7. The van der Waals surface area contributed by atoms with Crippen molar-refractivity contribution in [3.8, 4) is 0 Å². The number of carbonyl (C=O) groups excluding carboxylic acids is 2. The molecule has 132 valence electrons. The fourth-order valence-electron chi connectivity index (χ4n) is 3.68. The third-order valence-electron chi connectivity index (χ3n) is 5.55. The average molecular weight is 330 g/mol. The van der Waals surface area contributed by atoms with Crippen LogP contribution in [-0.2, 0) is 20.9 Å².